The van der Waals surface area contributed by atoms with Crippen LogP contribution in [0.1, 0.15) is 27.9 Å². The summed E-state index contributed by atoms with van der Waals surface area (Å²) in [5.74, 6) is 0.664. The maximum Gasteiger partial charge on any atom is 0.260 e. The van der Waals surface area contributed by atoms with Crippen LogP contribution in [-0.2, 0) is 11.3 Å². The quantitative estimate of drug-likeness (QED) is 0.415. The Balaban J connectivity index is 1.40. The first kappa shape index (κ1) is 22.9. The standard InChI is InChI=1S/C27H30N4O2S/c1-18-8-10-21(11-9-18)24-19(2)34-27-25(24)26(32)29-23(30-27)16-28-22(20-6-4-3-5-7-20)17-31-12-14-33-15-13-31/h3-11,22,28H,12-17H2,1-2H3,(H,29,30,32)/t22-/m0/s1. The monoisotopic (exact) mass is 474 g/mol. The van der Waals surface area contributed by atoms with Crippen molar-refractivity contribution in [3.63, 3.8) is 0 Å². The fourth-order valence-corrected chi connectivity index (χ4v) is 5.61. The number of ether oxygens (including phenoxy) is 1. The third-order valence-corrected chi connectivity index (χ3v) is 7.39. The van der Waals surface area contributed by atoms with E-state index in [9.17, 15) is 4.79 Å². The SMILES string of the molecule is Cc1ccc(-c2c(C)sc3nc(CN[C@@H](CN4CCOCC4)c4ccccc4)[nH]c(=O)c23)cc1. The van der Waals surface area contributed by atoms with Crippen LogP contribution in [0, 0.1) is 13.8 Å². The van der Waals surface area contributed by atoms with Crippen molar-refractivity contribution in [2.24, 2.45) is 0 Å². The molecule has 176 valence electrons. The van der Waals surface area contributed by atoms with Crippen molar-refractivity contribution in [2.45, 2.75) is 26.4 Å². The number of fused-ring (bicyclic) bond motifs is 1. The van der Waals surface area contributed by atoms with Crippen LogP contribution >= 0.6 is 11.3 Å². The van der Waals surface area contributed by atoms with Crippen molar-refractivity contribution in [3.8, 4) is 11.1 Å². The van der Waals surface area contributed by atoms with Gasteiger partial charge in [0, 0.05) is 36.1 Å². The topological polar surface area (TPSA) is 70.2 Å². The second-order valence-electron chi connectivity index (χ2n) is 8.85. The summed E-state index contributed by atoms with van der Waals surface area (Å²) < 4.78 is 5.51. The Bertz CT molecular complexity index is 1310. The van der Waals surface area contributed by atoms with Crippen LogP contribution in [0.25, 0.3) is 21.3 Å². The molecule has 1 aliphatic rings. The first-order chi connectivity index (χ1) is 16.6. The van der Waals surface area contributed by atoms with Crippen molar-refractivity contribution in [1.82, 2.24) is 20.2 Å². The number of nitrogens with zero attached hydrogens (tertiary/aromatic N) is 2. The van der Waals surface area contributed by atoms with E-state index in [4.69, 9.17) is 9.72 Å². The molecule has 0 radical (unpaired) electrons. The highest BCUT2D eigenvalue weighted by Crippen LogP contribution is 2.35. The number of morpholine rings is 1. The summed E-state index contributed by atoms with van der Waals surface area (Å²) >= 11 is 1.58. The van der Waals surface area contributed by atoms with E-state index in [2.05, 4.69) is 77.6 Å². The molecular formula is C27H30N4O2S. The maximum atomic E-state index is 13.2. The van der Waals surface area contributed by atoms with E-state index in [1.165, 1.54) is 11.1 Å². The molecule has 3 heterocycles. The Labute approximate surface area is 203 Å². The average molecular weight is 475 g/mol. The second kappa shape index (κ2) is 10.2. The number of hydrogen-bond donors (Lipinski definition) is 2. The van der Waals surface area contributed by atoms with E-state index in [1.54, 1.807) is 11.3 Å². The number of aromatic nitrogens is 2. The summed E-state index contributed by atoms with van der Waals surface area (Å²) in [6, 6.07) is 18.9. The van der Waals surface area contributed by atoms with Crippen molar-refractivity contribution in [3.05, 3.63) is 86.8 Å². The Morgan fingerprint density at radius 1 is 1.09 bits per heavy atom. The molecule has 2 aromatic carbocycles. The Morgan fingerprint density at radius 3 is 2.56 bits per heavy atom. The lowest BCUT2D eigenvalue weighted by atomic mass is 10.0. The predicted octanol–water partition coefficient (Wildman–Crippen LogP) is 4.43. The van der Waals surface area contributed by atoms with Crippen molar-refractivity contribution in [1.29, 1.82) is 0 Å². The van der Waals surface area contributed by atoms with E-state index >= 15 is 0 Å². The number of benzene rings is 2. The number of nitrogens with one attached hydrogen (secondary N) is 2. The van der Waals surface area contributed by atoms with Gasteiger partial charge in [-0.15, -0.1) is 11.3 Å². The summed E-state index contributed by atoms with van der Waals surface area (Å²) in [5, 5.41) is 4.32. The average Bonchev–Trinajstić information content (AvgIpc) is 3.19. The van der Waals surface area contributed by atoms with Crippen LogP contribution in [0.2, 0.25) is 0 Å². The van der Waals surface area contributed by atoms with E-state index in [0.29, 0.717) is 17.8 Å². The molecule has 2 aromatic heterocycles. The van der Waals surface area contributed by atoms with Gasteiger partial charge in [0.15, 0.2) is 0 Å². The molecule has 0 spiro atoms. The van der Waals surface area contributed by atoms with Gasteiger partial charge in [-0.1, -0.05) is 60.2 Å². The number of thiophene rings is 1. The third-order valence-electron chi connectivity index (χ3n) is 6.39. The first-order valence-corrected chi connectivity index (χ1v) is 12.6. The molecule has 1 aliphatic heterocycles. The zero-order valence-electron chi connectivity index (χ0n) is 19.6. The molecule has 1 saturated heterocycles. The molecule has 2 N–H and O–H groups in total. The lowest BCUT2D eigenvalue weighted by Gasteiger charge is -2.31. The van der Waals surface area contributed by atoms with Crippen LogP contribution in [0.15, 0.2) is 59.4 Å². The second-order valence-corrected chi connectivity index (χ2v) is 10.1. The normalized spacial score (nSPS) is 15.6. The van der Waals surface area contributed by atoms with Gasteiger partial charge in [-0.25, -0.2) is 4.98 Å². The van der Waals surface area contributed by atoms with Crippen LogP contribution in [0.5, 0.6) is 0 Å². The predicted molar refractivity (Wildman–Crippen MR) is 138 cm³/mol. The molecule has 4 aromatic rings. The zero-order valence-corrected chi connectivity index (χ0v) is 20.5. The summed E-state index contributed by atoms with van der Waals surface area (Å²) in [5.41, 5.74) is 4.40. The largest absolute Gasteiger partial charge is 0.379 e. The van der Waals surface area contributed by atoms with Gasteiger partial charge in [0.1, 0.15) is 10.7 Å². The molecule has 0 unspecified atom stereocenters. The van der Waals surface area contributed by atoms with Gasteiger partial charge in [-0.2, -0.15) is 0 Å². The molecule has 0 aliphatic carbocycles. The van der Waals surface area contributed by atoms with Gasteiger partial charge in [-0.05, 0) is 25.0 Å². The lowest BCUT2D eigenvalue weighted by Crippen LogP contribution is -2.42. The van der Waals surface area contributed by atoms with Crippen LogP contribution in [0.3, 0.4) is 0 Å². The van der Waals surface area contributed by atoms with Gasteiger partial charge in [0.25, 0.3) is 5.56 Å². The smallest absolute Gasteiger partial charge is 0.260 e. The minimum atomic E-state index is -0.0776. The van der Waals surface area contributed by atoms with E-state index < -0.39 is 0 Å². The van der Waals surface area contributed by atoms with Gasteiger partial charge in [0.2, 0.25) is 0 Å². The number of aryl methyl sites for hydroxylation is 2. The summed E-state index contributed by atoms with van der Waals surface area (Å²) in [6.07, 6.45) is 0. The van der Waals surface area contributed by atoms with Crippen molar-refractivity contribution < 1.29 is 4.74 Å². The Hall–Kier alpha value is -2.84. The molecular weight excluding hydrogens is 444 g/mol. The van der Waals surface area contributed by atoms with Crippen LogP contribution < -0.4 is 10.9 Å². The number of H-pyrrole nitrogens is 1. The number of rotatable bonds is 7. The fraction of sp³-hybridized carbons (Fsp3) is 0.333. The number of hydrogen-bond acceptors (Lipinski definition) is 6. The van der Waals surface area contributed by atoms with Gasteiger partial charge < -0.3 is 15.0 Å². The molecule has 1 atom stereocenters. The minimum absolute atomic E-state index is 0.0776. The third kappa shape index (κ3) is 4.98. The van der Waals surface area contributed by atoms with Gasteiger partial charge in [-0.3, -0.25) is 9.69 Å². The van der Waals surface area contributed by atoms with E-state index in [1.807, 2.05) is 6.07 Å². The lowest BCUT2D eigenvalue weighted by molar-refractivity contribution is 0.0333. The van der Waals surface area contributed by atoms with Crippen molar-refractivity contribution in [2.75, 3.05) is 32.8 Å². The molecule has 0 amide bonds. The van der Waals surface area contributed by atoms with Gasteiger partial charge in [0.05, 0.1) is 25.1 Å². The molecule has 0 bridgehead atoms. The highest BCUT2D eigenvalue weighted by atomic mass is 32.1. The van der Waals surface area contributed by atoms with E-state index in [-0.39, 0.29) is 11.6 Å². The highest BCUT2D eigenvalue weighted by molar-refractivity contribution is 7.19. The highest BCUT2D eigenvalue weighted by Gasteiger charge is 2.20. The molecule has 7 heteroatoms. The van der Waals surface area contributed by atoms with Gasteiger partial charge >= 0.3 is 0 Å². The summed E-state index contributed by atoms with van der Waals surface area (Å²) in [4.78, 5) is 25.4. The number of aromatic amines is 1. The molecule has 6 nitrogen and oxygen atoms in total. The maximum absolute atomic E-state index is 13.2. The van der Waals surface area contributed by atoms with E-state index in [0.717, 1.165) is 53.7 Å². The summed E-state index contributed by atoms with van der Waals surface area (Å²) in [6.45, 7) is 8.92. The minimum Gasteiger partial charge on any atom is -0.379 e. The van der Waals surface area contributed by atoms with Crippen LogP contribution in [-0.4, -0.2) is 47.7 Å². The molecule has 5 rings (SSSR count). The summed E-state index contributed by atoms with van der Waals surface area (Å²) in [7, 11) is 0. The molecule has 1 fully saturated rings. The Morgan fingerprint density at radius 2 is 1.82 bits per heavy atom. The van der Waals surface area contributed by atoms with Crippen LogP contribution in [0.4, 0.5) is 0 Å². The zero-order chi connectivity index (χ0) is 23.5. The van der Waals surface area contributed by atoms with Crippen molar-refractivity contribution >= 4 is 21.6 Å². The first-order valence-electron chi connectivity index (χ1n) is 11.8. The molecule has 34 heavy (non-hydrogen) atoms. The fourth-order valence-electron chi connectivity index (χ4n) is 4.55. The Kier molecular flexibility index (Phi) is 6.87. The molecule has 0 saturated carbocycles.